The Kier molecular flexibility index (Phi) is 3.16. The molecule has 3 N–H and O–H groups in total. The van der Waals surface area contributed by atoms with Crippen LogP contribution in [0.15, 0.2) is 12.1 Å². The summed E-state index contributed by atoms with van der Waals surface area (Å²) in [5.41, 5.74) is -1.88. The molecular weight excluding hydrogens is 222 g/mol. The van der Waals surface area contributed by atoms with Crippen LogP contribution in [0.25, 0.3) is 0 Å². The molecule has 0 radical (unpaired) electrons. The summed E-state index contributed by atoms with van der Waals surface area (Å²) in [6, 6.07) is 1.81. The summed E-state index contributed by atoms with van der Waals surface area (Å²) in [4.78, 5) is 38.6. The van der Waals surface area contributed by atoms with Crippen LogP contribution in [0.2, 0.25) is 0 Å². The quantitative estimate of drug-likeness (QED) is 0.489. The maximum absolute atomic E-state index is 10.9. The highest BCUT2D eigenvalue weighted by Gasteiger charge is 2.21. The van der Waals surface area contributed by atoms with E-state index in [1.807, 2.05) is 0 Å². The topological polar surface area (TPSA) is 134 Å². The van der Waals surface area contributed by atoms with E-state index in [1.54, 1.807) is 0 Å². The molecule has 1 aromatic rings. The van der Waals surface area contributed by atoms with E-state index in [9.17, 15) is 14.4 Å². The van der Waals surface area contributed by atoms with Gasteiger partial charge in [0.25, 0.3) is 0 Å². The summed E-state index contributed by atoms with van der Waals surface area (Å²) in [5.74, 6) is -4.38. The van der Waals surface area contributed by atoms with Crippen LogP contribution in [0.4, 0.5) is 0 Å². The summed E-state index contributed by atoms with van der Waals surface area (Å²) in [5, 5.41) is 25.3. The SMILES string of the molecule is O=C(O)c1ccc(C(=O)OO)c(C(=O)O)n1. The van der Waals surface area contributed by atoms with Crippen molar-refractivity contribution in [1.29, 1.82) is 0 Å². The van der Waals surface area contributed by atoms with Crippen molar-refractivity contribution in [3.8, 4) is 0 Å². The molecule has 0 spiro atoms. The molecule has 16 heavy (non-hydrogen) atoms. The van der Waals surface area contributed by atoms with Gasteiger partial charge in [0.1, 0.15) is 5.69 Å². The molecule has 0 atom stereocenters. The van der Waals surface area contributed by atoms with Gasteiger partial charge in [0.2, 0.25) is 0 Å². The van der Waals surface area contributed by atoms with Crippen molar-refractivity contribution in [3.05, 3.63) is 29.1 Å². The van der Waals surface area contributed by atoms with Crippen molar-refractivity contribution in [1.82, 2.24) is 4.98 Å². The Morgan fingerprint density at radius 1 is 1.12 bits per heavy atom. The van der Waals surface area contributed by atoms with E-state index in [4.69, 9.17) is 15.5 Å². The standard InChI is InChI=1S/C8H5NO7/c10-6(11)4-2-1-3(8(14)16-15)5(9-4)7(12)13/h1-2,15H,(H,10,11)(H,12,13). The van der Waals surface area contributed by atoms with Crippen LogP contribution in [0.1, 0.15) is 31.3 Å². The van der Waals surface area contributed by atoms with Gasteiger partial charge in [0, 0.05) is 0 Å². The van der Waals surface area contributed by atoms with E-state index in [0.717, 1.165) is 12.1 Å². The minimum absolute atomic E-state index is 0.535. The molecule has 8 nitrogen and oxygen atoms in total. The number of carboxylic acid groups (broad SMARTS) is 2. The van der Waals surface area contributed by atoms with Crippen molar-refractivity contribution >= 4 is 17.9 Å². The zero-order valence-corrected chi connectivity index (χ0v) is 7.58. The maximum atomic E-state index is 10.9. The van der Waals surface area contributed by atoms with Crippen molar-refractivity contribution < 1.29 is 34.7 Å². The van der Waals surface area contributed by atoms with Gasteiger partial charge in [-0.2, -0.15) is 5.26 Å². The monoisotopic (exact) mass is 227 g/mol. The number of hydrogen-bond donors (Lipinski definition) is 3. The lowest BCUT2D eigenvalue weighted by Gasteiger charge is -2.02. The number of carboxylic acids is 2. The van der Waals surface area contributed by atoms with E-state index in [2.05, 4.69) is 9.87 Å². The van der Waals surface area contributed by atoms with Gasteiger partial charge in [-0.3, -0.25) is 4.89 Å². The van der Waals surface area contributed by atoms with Gasteiger partial charge in [-0.05, 0) is 12.1 Å². The van der Waals surface area contributed by atoms with E-state index in [-0.39, 0.29) is 0 Å². The van der Waals surface area contributed by atoms with Crippen molar-refractivity contribution in [2.75, 3.05) is 0 Å². The second-order valence-electron chi connectivity index (χ2n) is 2.58. The van der Waals surface area contributed by atoms with Crippen LogP contribution < -0.4 is 0 Å². The van der Waals surface area contributed by atoms with Crippen LogP contribution in [-0.2, 0) is 4.89 Å². The highest BCUT2D eigenvalue weighted by Crippen LogP contribution is 2.09. The third-order valence-corrected chi connectivity index (χ3v) is 1.62. The lowest BCUT2D eigenvalue weighted by atomic mass is 10.1. The predicted octanol–water partition coefficient (Wildman–Crippen LogP) is 0.108. The summed E-state index contributed by atoms with van der Waals surface area (Å²) < 4.78 is 0. The first-order chi connectivity index (χ1) is 7.47. The van der Waals surface area contributed by atoms with Crippen LogP contribution in [0.3, 0.4) is 0 Å². The molecular formula is C8H5NO7. The number of carbonyl (C=O) groups excluding carboxylic acids is 1. The summed E-state index contributed by atoms with van der Waals surface area (Å²) in [7, 11) is 0. The fourth-order valence-corrected chi connectivity index (χ4v) is 0.955. The molecule has 0 saturated carbocycles. The molecule has 0 aromatic carbocycles. The molecule has 1 heterocycles. The summed E-state index contributed by atoms with van der Waals surface area (Å²) >= 11 is 0. The molecule has 0 aliphatic carbocycles. The minimum atomic E-state index is -1.61. The van der Waals surface area contributed by atoms with E-state index < -0.39 is 34.9 Å². The van der Waals surface area contributed by atoms with Crippen LogP contribution in [0, 0.1) is 0 Å². The van der Waals surface area contributed by atoms with Gasteiger partial charge in [-0.25, -0.2) is 19.4 Å². The van der Waals surface area contributed by atoms with Gasteiger partial charge >= 0.3 is 17.9 Å². The number of hydrogen-bond acceptors (Lipinski definition) is 6. The van der Waals surface area contributed by atoms with Crippen LogP contribution >= 0.6 is 0 Å². The number of aromatic nitrogens is 1. The molecule has 0 unspecified atom stereocenters. The molecule has 84 valence electrons. The molecule has 1 rings (SSSR count). The summed E-state index contributed by atoms with van der Waals surface area (Å²) in [6.45, 7) is 0. The smallest absolute Gasteiger partial charge is 0.375 e. The molecule has 0 bridgehead atoms. The Hall–Kier alpha value is -2.48. The van der Waals surface area contributed by atoms with E-state index >= 15 is 0 Å². The van der Waals surface area contributed by atoms with Gasteiger partial charge in [0.15, 0.2) is 5.69 Å². The van der Waals surface area contributed by atoms with E-state index in [0.29, 0.717) is 0 Å². The van der Waals surface area contributed by atoms with Crippen molar-refractivity contribution in [3.63, 3.8) is 0 Å². The number of carbonyl (C=O) groups is 3. The zero-order valence-electron chi connectivity index (χ0n) is 7.58. The molecule has 0 aliphatic heterocycles. The first kappa shape index (κ1) is 11.6. The highest BCUT2D eigenvalue weighted by atomic mass is 17.1. The second kappa shape index (κ2) is 4.36. The Bertz CT molecular complexity index is 467. The second-order valence-corrected chi connectivity index (χ2v) is 2.58. The Balaban J connectivity index is 3.36. The van der Waals surface area contributed by atoms with Gasteiger partial charge in [0.05, 0.1) is 5.56 Å². The fraction of sp³-hybridized carbons (Fsp3) is 0. The predicted molar refractivity (Wildman–Crippen MR) is 46.2 cm³/mol. The third kappa shape index (κ3) is 2.12. The third-order valence-electron chi connectivity index (χ3n) is 1.62. The molecule has 0 saturated heterocycles. The normalized spacial score (nSPS) is 9.56. The highest BCUT2D eigenvalue weighted by molar-refractivity contribution is 6.01. The lowest BCUT2D eigenvalue weighted by Crippen LogP contribution is -2.15. The maximum Gasteiger partial charge on any atom is 0.375 e. The van der Waals surface area contributed by atoms with Crippen LogP contribution in [0.5, 0.6) is 0 Å². The van der Waals surface area contributed by atoms with Gasteiger partial charge in [-0.15, -0.1) is 0 Å². The number of aromatic carboxylic acids is 2. The average Bonchev–Trinajstić information content (AvgIpc) is 2.26. The number of rotatable bonds is 3. The first-order valence-electron chi connectivity index (χ1n) is 3.80. The van der Waals surface area contributed by atoms with Gasteiger partial charge < -0.3 is 10.2 Å². The molecule has 1 aromatic heterocycles. The molecule has 0 amide bonds. The van der Waals surface area contributed by atoms with Crippen LogP contribution in [-0.4, -0.2) is 38.4 Å². The Morgan fingerprint density at radius 3 is 2.19 bits per heavy atom. The Labute approximate surface area is 87.7 Å². The van der Waals surface area contributed by atoms with E-state index in [1.165, 1.54) is 0 Å². The first-order valence-corrected chi connectivity index (χ1v) is 3.80. The summed E-state index contributed by atoms with van der Waals surface area (Å²) in [6.07, 6.45) is 0. The minimum Gasteiger partial charge on any atom is -0.477 e. The largest absolute Gasteiger partial charge is 0.477 e. The van der Waals surface area contributed by atoms with Crippen molar-refractivity contribution in [2.45, 2.75) is 0 Å². The van der Waals surface area contributed by atoms with Gasteiger partial charge in [-0.1, -0.05) is 0 Å². The lowest BCUT2D eigenvalue weighted by molar-refractivity contribution is -0.182. The fourth-order valence-electron chi connectivity index (χ4n) is 0.955. The number of pyridine rings is 1. The molecule has 0 aliphatic rings. The Morgan fingerprint density at radius 2 is 1.75 bits per heavy atom. The molecule has 8 heteroatoms. The average molecular weight is 227 g/mol. The zero-order chi connectivity index (χ0) is 12.3. The van der Waals surface area contributed by atoms with Crippen molar-refractivity contribution in [2.24, 2.45) is 0 Å². The molecule has 0 fully saturated rings. The number of nitrogens with zero attached hydrogens (tertiary/aromatic N) is 1.